The topological polar surface area (TPSA) is 58.2 Å². The fraction of sp³-hybridized carbons (Fsp3) is 0.231. The van der Waals surface area contributed by atoms with Gasteiger partial charge in [-0.3, -0.25) is 4.72 Å². The minimum Gasteiger partial charge on any atom is -0.316 e. The Morgan fingerprint density at radius 2 is 2.05 bits per heavy atom. The molecule has 0 aliphatic heterocycles. The first-order valence-corrected chi connectivity index (χ1v) is 9.19. The van der Waals surface area contributed by atoms with Crippen LogP contribution in [0.25, 0.3) is 0 Å². The van der Waals surface area contributed by atoms with Crippen LogP contribution in [0.15, 0.2) is 32.3 Å². The summed E-state index contributed by atoms with van der Waals surface area (Å²) < 4.78 is 41.1. The zero-order valence-corrected chi connectivity index (χ0v) is 14.6. The molecule has 8 heteroatoms. The average Bonchev–Trinajstić information content (AvgIpc) is 2.86. The Morgan fingerprint density at radius 1 is 1.33 bits per heavy atom. The molecule has 0 amide bonds. The van der Waals surface area contributed by atoms with Gasteiger partial charge < -0.3 is 5.32 Å². The van der Waals surface area contributed by atoms with Crippen molar-refractivity contribution in [3.63, 3.8) is 0 Å². The molecule has 0 aliphatic rings. The maximum atomic E-state index is 13.6. The molecule has 1 aromatic carbocycles. The summed E-state index contributed by atoms with van der Waals surface area (Å²) in [7, 11) is -1.91. The number of nitrogens with one attached hydrogen (secondary N) is 2. The van der Waals surface area contributed by atoms with E-state index in [4.69, 9.17) is 0 Å². The van der Waals surface area contributed by atoms with Crippen molar-refractivity contribution in [2.24, 2.45) is 0 Å². The molecule has 1 heterocycles. The molecule has 0 spiro atoms. The molecule has 21 heavy (non-hydrogen) atoms. The van der Waals surface area contributed by atoms with E-state index in [-0.39, 0.29) is 9.90 Å². The molecular formula is C13H14BrFN2O2S2. The minimum absolute atomic E-state index is 0.204. The molecule has 1 aromatic heterocycles. The van der Waals surface area contributed by atoms with Crippen LogP contribution in [0.5, 0.6) is 0 Å². The van der Waals surface area contributed by atoms with Crippen LogP contribution in [-0.4, -0.2) is 15.5 Å². The Balaban J connectivity index is 2.30. The summed E-state index contributed by atoms with van der Waals surface area (Å²) in [4.78, 5) is 0. The van der Waals surface area contributed by atoms with Gasteiger partial charge >= 0.3 is 0 Å². The Kier molecular flexibility index (Phi) is 5.03. The van der Waals surface area contributed by atoms with Gasteiger partial charge in [0.1, 0.15) is 10.0 Å². The van der Waals surface area contributed by atoms with Crippen LogP contribution in [0.3, 0.4) is 0 Å². The third-order valence-corrected chi connectivity index (χ3v) is 6.25. The number of benzene rings is 1. The largest absolute Gasteiger partial charge is 0.316 e. The zero-order valence-electron chi connectivity index (χ0n) is 11.4. The molecule has 4 nitrogen and oxygen atoms in total. The van der Waals surface area contributed by atoms with Gasteiger partial charge in [-0.25, -0.2) is 12.8 Å². The lowest BCUT2D eigenvalue weighted by molar-refractivity contribution is 0.602. The van der Waals surface area contributed by atoms with Crippen molar-refractivity contribution in [1.29, 1.82) is 0 Å². The van der Waals surface area contributed by atoms with E-state index in [0.29, 0.717) is 16.6 Å². The standard InChI is InChI=1S/C13H14BrFN2O2S2/c1-8-3-10(14)11(15)5-12(8)17-21(18,19)13-4-9(6-16-2)7-20-13/h3-5,7,16-17H,6H2,1-2H3. The van der Waals surface area contributed by atoms with Crippen molar-refractivity contribution in [1.82, 2.24) is 5.32 Å². The Morgan fingerprint density at radius 3 is 2.71 bits per heavy atom. The van der Waals surface area contributed by atoms with Crippen molar-refractivity contribution < 1.29 is 12.8 Å². The lowest BCUT2D eigenvalue weighted by Gasteiger charge is -2.10. The average molecular weight is 393 g/mol. The number of thiophene rings is 1. The van der Waals surface area contributed by atoms with Gasteiger partial charge in [-0.1, -0.05) is 0 Å². The van der Waals surface area contributed by atoms with Crippen LogP contribution in [0.1, 0.15) is 11.1 Å². The molecule has 0 saturated carbocycles. The molecule has 0 bridgehead atoms. The Labute approximate surface area is 135 Å². The van der Waals surface area contributed by atoms with Crippen LogP contribution in [0, 0.1) is 12.7 Å². The van der Waals surface area contributed by atoms with E-state index in [0.717, 1.165) is 16.9 Å². The van der Waals surface area contributed by atoms with Crippen molar-refractivity contribution >= 4 is 43.0 Å². The first-order valence-electron chi connectivity index (χ1n) is 6.04. The molecule has 2 rings (SSSR count). The fourth-order valence-corrected chi connectivity index (χ4v) is 4.53. The first kappa shape index (κ1) is 16.4. The third kappa shape index (κ3) is 3.82. The van der Waals surface area contributed by atoms with E-state index in [2.05, 4.69) is 26.0 Å². The molecule has 2 N–H and O–H groups in total. The maximum Gasteiger partial charge on any atom is 0.271 e. The number of aryl methyl sites for hydroxylation is 1. The maximum absolute atomic E-state index is 13.6. The van der Waals surface area contributed by atoms with Crippen LogP contribution >= 0.6 is 27.3 Å². The summed E-state index contributed by atoms with van der Waals surface area (Å²) in [5.41, 5.74) is 1.76. The van der Waals surface area contributed by atoms with Gasteiger partial charge in [-0.15, -0.1) is 11.3 Å². The highest BCUT2D eigenvalue weighted by molar-refractivity contribution is 9.10. The van der Waals surface area contributed by atoms with Crippen LogP contribution in [-0.2, 0) is 16.6 Å². The number of sulfonamides is 1. The molecule has 0 fully saturated rings. The summed E-state index contributed by atoms with van der Waals surface area (Å²) in [6.45, 7) is 2.31. The Hall–Kier alpha value is -0.960. The van der Waals surface area contributed by atoms with Crippen molar-refractivity contribution in [3.8, 4) is 0 Å². The molecule has 0 aliphatic carbocycles. The van der Waals surface area contributed by atoms with E-state index in [1.54, 1.807) is 25.4 Å². The van der Waals surface area contributed by atoms with E-state index in [9.17, 15) is 12.8 Å². The van der Waals surface area contributed by atoms with Crippen molar-refractivity contribution in [2.45, 2.75) is 17.7 Å². The fourth-order valence-electron chi connectivity index (χ4n) is 1.74. The molecule has 0 unspecified atom stereocenters. The second kappa shape index (κ2) is 6.43. The van der Waals surface area contributed by atoms with Gasteiger partial charge in [0.25, 0.3) is 10.0 Å². The summed E-state index contributed by atoms with van der Waals surface area (Å²) in [6, 6.07) is 4.31. The monoisotopic (exact) mass is 392 g/mol. The van der Waals surface area contributed by atoms with Gasteiger partial charge in [0.05, 0.1) is 10.2 Å². The third-order valence-electron chi connectivity index (χ3n) is 2.79. The number of anilines is 1. The molecular weight excluding hydrogens is 379 g/mol. The smallest absolute Gasteiger partial charge is 0.271 e. The predicted octanol–water partition coefficient (Wildman–Crippen LogP) is 3.48. The molecule has 0 radical (unpaired) electrons. The SMILES string of the molecule is CNCc1csc(S(=O)(=O)Nc2cc(F)c(Br)cc2C)c1. The van der Waals surface area contributed by atoms with Gasteiger partial charge in [-0.2, -0.15) is 0 Å². The second-order valence-corrected chi connectivity index (χ2v) is 8.17. The first-order chi connectivity index (χ1) is 9.83. The molecule has 0 saturated heterocycles. The predicted molar refractivity (Wildman–Crippen MR) is 86.7 cm³/mol. The van der Waals surface area contributed by atoms with Crippen molar-refractivity contribution in [3.05, 3.63) is 45.0 Å². The van der Waals surface area contributed by atoms with Crippen LogP contribution in [0.4, 0.5) is 10.1 Å². The summed E-state index contributed by atoms with van der Waals surface area (Å²) >= 11 is 4.20. The van der Waals surface area contributed by atoms with Gasteiger partial charge in [0.2, 0.25) is 0 Å². The molecule has 2 aromatic rings. The molecule has 0 atom stereocenters. The zero-order chi connectivity index (χ0) is 15.6. The highest BCUT2D eigenvalue weighted by Crippen LogP contribution is 2.28. The van der Waals surface area contributed by atoms with Gasteiger partial charge in [-0.05, 0) is 64.6 Å². The number of hydrogen-bond donors (Lipinski definition) is 2. The number of halogens is 2. The highest BCUT2D eigenvalue weighted by atomic mass is 79.9. The van der Waals surface area contributed by atoms with E-state index >= 15 is 0 Å². The summed E-state index contributed by atoms with van der Waals surface area (Å²) in [5, 5.41) is 4.74. The van der Waals surface area contributed by atoms with E-state index in [1.807, 2.05) is 0 Å². The minimum atomic E-state index is -3.70. The van der Waals surface area contributed by atoms with E-state index in [1.165, 1.54) is 12.1 Å². The Bertz CT molecular complexity index is 760. The van der Waals surface area contributed by atoms with E-state index < -0.39 is 15.8 Å². The quantitative estimate of drug-likeness (QED) is 0.818. The van der Waals surface area contributed by atoms with Gasteiger partial charge in [0, 0.05) is 6.54 Å². The lowest BCUT2D eigenvalue weighted by Crippen LogP contribution is -2.13. The van der Waals surface area contributed by atoms with Crippen LogP contribution < -0.4 is 10.0 Å². The molecule has 114 valence electrons. The normalized spacial score (nSPS) is 11.6. The summed E-state index contributed by atoms with van der Waals surface area (Å²) in [5.74, 6) is -0.514. The van der Waals surface area contributed by atoms with Gasteiger partial charge in [0.15, 0.2) is 0 Å². The number of hydrogen-bond acceptors (Lipinski definition) is 4. The second-order valence-electron chi connectivity index (χ2n) is 4.49. The van der Waals surface area contributed by atoms with Crippen molar-refractivity contribution in [2.75, 3.05) is 11.8 Å². The summed E-state index contributed by atoms with van der Waals surface area (Å²) in [6.07, 6.45) is 0. The number of rotatable bonds is 5. The highest BCUT2D eigenvalue weighted by Gasteiger charge is 2.18. The lowest BCUT2D eigenvalue weighted by atomic mass is 10.2. The van der Waals surface area contributed by atoms with Crippen LogP contribution in [0.2, 0.25) is 0 Å².